The fraction of sp³-hybridized carbons (Fsp3) is 0.933. The van der Waals surface area contributed by atoms with Crippen molar-refractivity contribution in [2.24, 2.45) is 5.92 Å². The lowest BCUT2D eigenvalue weighted by Crippen LogP contribution is -2.48. The van der Waals surface area contributed by atoms with Crippen LogP contribution in [0.4, 0.5) is 8.78 Å². The first-order valence-electron chi connectivity index (χ1n) is 8.24. The number of carbonyl (C=O) groups is 1. The molecule has 7 heteroatoms. The number of halogens is 2. The predicted molar refractivity (Wildman–Crippen MR) is 77.9 cm³/mol. The van der Waals surface area contributed by atoms with E-state index in [0.717, 1.165) is 45.7 Å². The van der Waals surface area contributed by atoms with Crippen LogP contribution in [-0.4, -0.2) is 80.2 Å². The zero-order valence-corrected chi connectivity index (χ0v) is 12.9. The molecular weight excluding hydrogens is 292 g/mol. The maximum atomic E-state index is 13.2. The molecule has 22 heavy (non-hydrogen) atoms. The molecule has 0 spiro atoms. The molecule has 1 atom stereocenters. The molecule has 0 saturated carbocycles. The Labute approximate surface area is 130 Å². The third kappa shape index (κ3) is 3.94. The largest absolute Gasteiger partial charge is 0.379 e. The molecule has 1 N–H and O–H groups in total. The van der Waals surface area contributed by atoms with E-state index in [0.29, 0.717) is 19.0 Å². The van der Waals surface area contributed by atoms with Crippen molar-refractivity contribution in [1.29, 1.82) is 0 Å². The standard InChI is InChI=1S/C15H25F2N3O2/c16-15(17)9-13(18-11-15)14(21)20-3-1-12(2-4-20)10-19-5-7-22-8-6-19/h12-13,18H,1-11H2. The van der Waals surface area contributed by atoms with Crippen molar-refractivity contribution >= 4 is 5.91 Å². The predicted octanol–water partition coefficient (Wildman–Crippen LogP) is 0.554. The molecule has 1 unspecified atom stereocenters. The number of morpholine rings is 1. The summed E-state index contributed by atoms with van der Waals surface area (Å²) in [7, 11) is 0. The van der Waals surface area contributed by atoms with Gasteiger partial charge in [-0.25, -0.2) is 8.78 Å². The highest BCUT2D eigenvalue weighted by atomic mass is 19.3. The lowest BCUT2D eigenvalue weighted by atomic mass is 9.95. The van der Waals surface area contributed by atoms with E-state index >= 15 is 0 Å². The summed E-state index contributed by atoms with van der Waals surface area (Å²) in [6.07, 6.45) is 1.57. The number of hydrogen-bond acceptors (Lipinski definition) is 4. The van der Waals surface area contributed by atoms with Gasteiger partial charge in [0.2, 0.25) is 5.91 Å². The van der Waals surface area contributed by atoms with Crippen molar-refractivity contribution in [3.05, 3.63) is 0 Å². The van der Waals surface area contributed by atoms with Gasteiger partial charge >= 0.3 is 0 Å². The maximum Gasteiger partial charge on any atom is 0.262 e. The molecule has 3 aliphatic rings. The Morgan fingerprint density at radius 1 is 1.18 bits per heavy atom. The normalized spacial score (nSPS) is 30.6. The van der Waals surface area contributed by atoms with Gasteiger partial charge in [0, 0.05) is 39.1 Å². The summed E-state index contributed by atoms with van der Waals surface area (Å²) >= 11 is 0. The SMILES string of the molecule is O=C(C1CC(F)(F)CN1)N1CCC(CN2CCOCC2)CC1. The van der Waals surface area contributed by atoms with Gasteiger partial charge in [-0.3, -0.25) is 15.0 Å². The molecule has 0 radical (unpaired) electrons. The van der Waals surface area contributed by atoms with Gasteiger partial charge in [-0.2, -0.15) is 0 Å². The highest BCUT2D eigenvalue weighted by Crippen LogP contribution is 2.27. The van der Waals surface area contributed by atoms with Gasteiger partial charge in [-0.05, 0) is 18.8 Å². The van der Waals surface area contributed by atoms with Crippen LogP contribution in [0, 0.1) is 5.92 Å². The average Bonchev–Trinajstić information content (AvgIpc) is 2.88. The van der Waals surface area contributed by atoms with Crippen LogP contribution in [-0.2, 0) is 9.53 Å². The molecule has 3 aliphatic heterocycles. The molecule has 3 heterocycles. The average molecular weight is 317 g/mol. The number of piperidine rings is 1. The number of ether oxygens (including phenoxy) is 1. The van der Waals surface area contributed by atoms with Gasteiger partial charge < -0.3 is 9.64 Å². The molecule has 0 aromatic carbocycles. The molecule has 3 rings (SSSR count). The third-order valence-corrected chi connectivity index (χ3v) is 4.95. The first kappa shape index (κ1) is 16.1. The Kier molecular flexibility index (Phi) is 4.94. The van der Waals surface area contributed by atoms with Crippen LogP contribution in [0.5, 0.6) is 0 Å². The fourth-order valence-electron chi connectivity index (χ4n) is 3.60. The monoisotopic (exact) mass is 317 g/mol. The number of nitrogens with zero attached hydrogens (tertiary/aromatic N) is 2. The molecule has 3 fully saturated rings. The second-order valence-corrected chi connectivity index (χ2v) is 6.68. The molecule has 0 aromatic heterocycles. The van der Waals surface area contributed by atoms with Crippen molar-refractivity contribution in [2.75, 3.05) is 52.5 Å². The quantitative estimate of drug-likeness (QED) is 0.826. The van der Waals surface area contributed by atoms with Gasteiger partial charge in [-0.1, -0.05) is 0 Å². The molecular formula is C15H25F2N3O2. The van der Waals surface area contributed by atoms with E-state index in [2.05, 4.69) is 10.2 Å². The van der Waals surface area contributed by atoms with Crippen LogP contribution in [0.15, 0.2) is 0 Å². The minimum Gasteiger partial charge on any atom is -0.379 e. The van der Waals surface area contributed by atoms with Gasteiger partial charge in [0.1, 0.15) is 0 Å². The van der Waals surface area contributed by atoms with Crippen molar-refractivity contribution < 1.29 is 18.3 Å². The van der Waals surface area contributed by atoms with E-state index in [-0.39, 0.29) is 18.9 Å². The zero-order chi connectivity index (χ0) is 15.6. The van der Waals surface area contributed by atoms with Crippen LogP contribution >= 0.6 is 0 Å². The summed E-state index contributed by atoms with van der Waals surface area (Å²) in [4.78, 5) is 16.5. The van der Waals surface area contributed by atoms with E-state index in [4.69, 9.17) is 4.74 Å². The number of nitrogens with one attached hydrogen (secondary N) is 1. The number of rotatable bonds is 3. The first-order valence-corrected chi connectivity index (χ1v) is 8.24. The molecule has 126 valence electrons. The van der Waals surface area contributed by atoms with Crippen LogP contribution in [0.1, 0.15) is 19.3 Å². The molecule has 0 bridgehead atoms. The molecule has 1 amide bonds. The number of carbonyl (C=O) groups excluding carboxylic acids is 1. The third-order valence-electron chi connectivity index (χ3n) is 4.95. The summed E-state index contributed by atoms with van der Waals surface area (Å²) in [5.74, 6) is -2.29. The van der Waals surface area contributed by atoms with Gasteiger partial charge in [0.05, 0.1) is 25.8 Å². The Morgan fingerprint density at radius 2 is 1.86 bits per heavy atom. The Hall–Kier alpha value is -0.790. The Morgan fingerprint density at radius 3 is 2.45 bits per heavy atom. The van der Waals surface area contributed by atoms with Gasteiger partial charge in [0.25, 0.3) is 5.92 Å². The van der Waals surface area contributed by atoms with Crippen LogP contribution < -0.4 is 5.32 Å². The van der Waals surface area contributed by atoms with Crippen molar-refractivity contribution in [1.82, 2.24) is 15.1 Å². The fourth-order valence-corrected chi connectivity index (χ4v) is 3.60. The minimum atomic E-state index is -2.74. The highest BCUT2D eigenvalue weighted by molar-refractivity contribution is 5.82. The number of hydrogen-bond donors (Lipinski definition) is 1. The number of alkyl halides is 2. The zero-order valence-electron chi connectivity index (χ0n) is 12.9. The second-order valence-electron chi connectivity index (χ2n) is 6.68. The summed E-state index contributed by atoms with van der Waals surface area (Å²) in [5.41, 5.74) is 0. The van der Waals surface area contributed by atoms with E-state index in [1.54, 1.807) is 4.90 Å². The Bertz CT molecular complexity index is 394. The van der Waals surface area contributed by atoms with Crippen molar-refractivity contribution in [3.63, 3.8) is 0 Å². The summed E-state index contributed by atoms with van der Waals surface area (Å²) in [5, 5.41) is 2.66. The number of likely N-dealkylation sites (tertiary alicyclic amines) is 1. The first-order chi connectivity index (χ1) is 10.5. The second kappa shape index (κ2) is 6.76. The molecule has 0 aromatic rings. The van der Waals surface area contributed by atoms with E-state index in [1.165, 1.54) is 0 Å². The van der Waals surface area contributed by atoms with Crippen LogP contribution in [0.2, 0.25) is 0 Å². The van der Waals surface area contributed by atoms with E-state index < -0.39 is 12.0 Å². The summed E-state index contributed by atoms with van der Waals surface area (Å²) in [6, 6.07) is -0.703. The Balaban J connectivity index is 1.42. The molecule has 0 aliphatic carbocycles. The van der Waals surface area contributed by atoms with Gasteiger partial charge in [-0.15, -0.1) is 0 Å². The number of amides is 1. The highest BCUT2D eigenvalue weighted by Gasteiger charge is 2.43. The minimum absolute atomic E-state index is 0.151. The smallest absolute Gasteiger partial charge is 0.262 e. The molecule has 5 nitrogen and oxygen atoms in total. The lowest BCUT2D eigenvalue weighted by Gasteiger charge is -2.36. The molecule has 3 saturated heterocycles. The topological polar surface area (TPSA) is 44.8 Å². The summed E-state index contributed by atoms with van der Waals surface area (Å²) < 4.78 is 31.7. The van der Waals surface area contributed by atoms with Crippen molar-refractivity contribution in [2.45, 2.75) is 31.2 Å². The van der Waals surface area contributed by atoms with E-state index in [9.17, 15) is 13.6 Å². The van der Waals surface area contributed by atoms with Crippen LogP contribution in [0.25, 0.3) is 0 Å². The van der Waals surface area contributed by atoms with E-state index in [1.807, 2.05) is 0 Å². The van der Waals surface area contributed by atoms with Crippen molar-refractivity contribution in [3.8, 4) is 0 Å². The van der Waals surface area contributed by atoms with Gasteiger partial charge in [0.15, 0.2) is 0 Å². The van der Waals surface area contributed by atoms with Crippen LogP contribution in [0.3, 0.4) is 0 Å². The maximum absolute atomic E-state index is 13.2. The summed E-state index contributed by atoms with van der Waals surface area (Å²) in [6.45, 7) is 5.65. The lowest BCUT2D eigenvalue weighted by molar-refractivity contribution is -0.135.